The Morgan fingerprint density at radius 1 is 1.26 bits per heavy atom. The number of likely N-dealkylation sites (N-methyl/N-ethyl adjacent to an activating group) is 1. The fourth-order valence-electron chi connectivity index (χ4n) is 3.37. The first kappa shape index (κ1) is 17.9. The number of guanidine groups is 1. The second kappa shape index (κ2) is 6.31. The van der Waals surface area contributed by atoms with Gasteiger partial charge in [-0.15, -0.1) is 5.10 Å². The zero-order valence-electron chi connectivity index (χ0n) is 14.9. The first-order chi connectivity index (χ1) is 12.8. The first-order valence-electron chi connectivity index (χ1n) is 8.36. The predicted octanol–water partition coefficient (Wildman–Crippen LogP) is 1.90. The van der Waals surface area contributed by atoms with Gasteiger partial charge in [0.05, 0.1) is 22.3 Å². The Balaban J connectivity index is 1.69. The SMILES string of the molecule is CC1=NNC2=[N+](C1C)C1C(=O)N(Cc3ccc(Cl)c(Cl)c3)C(=O)N(C)C1=N2. The molecule has 0 saturated carbocycles. The fraction of sp³-hybridized carbons (Fsp3) is 0.353. The van der Waals surface area contributed by atoms with Crippen LogP contribution in [0.25, 0.3) is 0 Å². The smallest absolute Gasteiger partial charge is 0.270 e. The van der Waals surface area contributed by atoms with Crippen molar-refractivity contribution >= 4 is 52.6 Å². The summed E-state index contributed by atoms with van der Waals surface area (Å²) < 4.78 is 1.85. The monoisotopic (exact) mass is 407 g/mol. The number of hydrogen-bond acceptors (Lipinski definition) is 5. The first-order valence-corrected chi connectivity index (χ1v) is 9.12. The van der Waals surface area contributed by atoms with Crippen LogP contribution in [0.5, 0.6) is 0 Å². The zero-order valence-corrected chi connectivity index (χ0v) is 16.4. The van der Waals surface area contributed by atoms with Crippen LogP contribution < -0.4 is 5.43 Å². The van der Waals surface area contributed by atoms with Crippen molar-refractivity contribution in [2.75, 3.05) is 7.05 Å². The molecule has 3 amide bonds. The number of imide groups is 1. The molecule has 1 aromatic carbocycles. The lowest BCUT2D eigenvalue weighted by Crippen LogP contribution is -2.64. The molecule has 140 valence electrons. The quantitative estimate of drug-likeness (QED) is 0.760. The van der Waals surface area contributed by atoms with Gasteiger partial charge in [0.2, 0.25) is 11.9 Å². The molecule has 1 aromatic rings. The summed E-state index contributed by atoms with van der Waals surface area (Å²) in [5, 5.41) is 5.00. The van der Waals surface area contributed by atoms with Crippen molar-refractivity contribution < 1.29 is 14.2 Å². The number of urea groups is 1. The van der Waals surface area contributed by atoms with E-state index >= 15 is 0 Å². The van der Waals surface area contributed by atoms with Crippen molar-refractivity contribution in [2.45, 2.75) is 32.5 Å². The number of amidine groups is 1. The number of carbonyl (C=O) groups is 2. The molecule has 10 heteroatoms. The second-order valence-electron chi connectivity index (χ2n) is 6.66. The van der Waals surface area contributed by atoms with Crippen LogP contribution >= 0.6 is 23.2 Å². The van der Waals surface area contributed by atoms with Crippen LogP contribution in [0.3, 0.4) is 0 Å². The van der Waals surface area contributed by atoms with Crippen molar-refractivity contribution in [2.24, 2.45) is 10.1 Å². The van der Waals surface area contributed by atoms with Crippen LogP contribution in [0.4, 0.5) is 4.79 Å². The third-order valence-electron chi connectivity index (χ3n) is 5.03. The van der Waals surface area contributed by atoms with E-state index in [9.17, 15) is 9.59 Å². The molecule has 1 fully saturated rings. The van der Waals surface area contributed by atoms with E-state index in [4.69, 9.17) is 23.2 Å². The number of carbonyl (C=O) groups excluding carboxylic acids is 2. The van der Waals surface area contributed by atoms with E-state index in [0.717, 1.165) is 5.71 Å². The number of aliphatic imine (C=N–C) groups is 1. The lowest BCUT2D eigenvalue weighted by Gasteiger charge is -2.35. The summed E-state index contributed by atoms with van der Waals surface area (Å²) in [4.78, 5) is 33.1. The van der Waals surface area contributed by atoms with Gasteiger partial charge in [-0.05, 0) is 31.5 Å². The van der Waals surface area contributed by atoms with Crippen LogP contribution in [0.1, 0.15) is 19.4 Å². The summed E-state index contributed by atoms with van der Waals surface area (Å²) in [6, 6.07) is 3.80. The van der Waals surface area contributed by atoms with Gasteiger partial charge in [-0.1, -0.05) is 34.3 Å². The average Bonchev–Trinajstić information content (AvgIpc) is 3.03. The van der Waals surface area contributed by atoms with Gasteiger partial charge >= 0.3 is 12.0 Å². The van der Waals surface area contributed by atoms with Gasteiger partial charge in [0, 0.05) is 7.05 Å². The van der Waals surface area contributed by atoms with Crippen LogP contribution in [0.2, 0.25) is 10.0 Å². The molecule has 4 rings (SSSR count). The number of halogens is 2. The molecule has 8 nitrogen and oxygen atoms in total. The molecular weight excluding hydrogens is 391 g/mol. The number of nitrogens with one attached hydrogen (secondary N) is 1. The fourth-order valence-corrected chi connectivity index (χ4v) is 3.69. The third kappa shape index (κ3) is 2.71. The van der Waals surface area contributed by atoms with E-state index in [1.165, 1.54) is 9.80 Å². The largest absolute Gasteiger partial charge is 0.414 e. The molecule has 27 heavy (non-hydrogen) atoms. The minimum Gasteiger partial charge on any atom is -0.270 e. The molecule has 0 aromatic heterocycles. The standard InChI is InChI=1S/C17H16Cl2N6O2/c1-8-9(2)25-13-14(20-16(25)22-21-8)23(3)17(27)24(15(13)26)7-10-4-5-11(18)12(19)6-10/h4-6,9,13H,7H2,1-3H3/p+1. The van der Waals surface area contributed by atoms with Crippen LogP contribution in [0.15, 0.2) is 28.3 Å². The number of hydrazone groups is 1. The Morgan fingerprint density at radius 3 is 2.70 bits per heavy atom. The van der Waals surface area contributed by atoms with E-state index in [1.807, 2.05) is 18.4 Å². The second-order valence-corrected chi connectivity index (χ2v) is 7.47. The molecule has 1 N–H and O–H groups in total. The highest BCUT2D eigenvalue weighted by Gasteiger charge is 2.54. The molecule has 1 saturated heterocycles. The molecule has 2 unspecified atom stereocenters. The topological polar surface area (TPSA) is 80.4 Å². The Kier molecular flexibility index (Phi) is 4.20. The number of amides is 3. The molecule has 3 aliphatic rings. The number of nitrogens with zero attached hydrogens (tertiary/aromatic N) is 5. The van der Waals surface area contributed by atoms with Crippen molar-refractivity contribution in [3.63, 3.8) is 0 Å². The molecule has 0 radical (unpaired) electrons. The van der Waals surface area contributed by atoms with Crippen molar-refractivity contribution in [1.82, 2.24) is 15.2 Å². The van der Waals surface area contributed by atoms with Crippen LogP contribution in [0, 0.1) is 0 Å². The van der Waals surface area contributed by atoms with E-state index in [2.05, 4.69) is 15.5 Å². The Bertz CT molecular complexity index is 970. The van der Waals surface area contributed by atoms with Crippen molar-refractivity contribution in [3.8, 4) is 0 Å². The maximum absolute atomic E-state index is 13.2. The maximum atomic E-state index is 13.2. The van der Waals surface area contributed by atoms with Gasteiger partial charge < -0.3 is 0 Å². The number of hydrogen-bond donors (Lipinski definition) is 1. The molecule has 2 atom stereocenters. The number of benzene rings is 1. The Morgan fingerprint density at radius 2 is 2.00 bits per heavy atom. The lowest BCUT2D eigenvalue weighted by molar-refractivity contribution is -0.555. The van der Waals surface area contributed by atoms with Crippen LogP contribution in [-0.2, 0) is 11.3 Å². The van der Waals surface area contributed by atoms with Gasteiger partial charge in [0.15, 0.2) is 0 Å². The summed E-state index contributed by atoms with van der Waals surface area (Å²) in [5.74, 6) is 0.536. The van der Waals surface area contributed by atoms with Crippen LogP contribution in [-0.4, -0.2) is 63.0 Å². The van der Waals surface area contributed by atoms with Gasteiger partial charge in [-0.3, -0.25) is 14.6 Å². The average molecular weight is 408 g/mol. The van der Waals surface area contributed by atoms with E-state index in [-0.39, 0.29) is 18.5 Å². The number of fused-ring (bicyclic) bond motifs is 2. The van der Waals surface area contributed by atoms with Gasteiger partial charge in [-0.25, -0.2) is 9.37 Å². The van der Waals surface area contributed by atoms with Gasteiger partial charge in [0.25, 0.3) is 5.91 Å². The molecule has 3 heterocycles. The number of rotatable bonds is 2. The van der Waals surface area contributed by atoms with Crippen molar-refractivity contribution in [1.29, 1.82) is 0 Å². The zero-order chi connectivity index (χ0) is 19.5. The van der Waals surface area contributed by atoms with E-state index in [0.29, 0.717) is 27.4 Å². The van der Waals surface area contributed by atoms with E-state index < -0.39 is 12.1 Å². The molecule has 0 spiro atoms. The summed E-state index contributed by atoms with van der Waals surface area (Å²) in [6.07, 6.45) is 0. The van der Waals surface area contributed by atoms with E-state index in [1.54, 1.807) is 25.2 Å². The maximum Gasteiger partial charge on any atom is 0.414 e. The third-order valence-corrected chi connectivity index (χ3v) is 5.77. The van der Waals surface area contributed by atoms with Crippen molar-refractivity contribution in [3.05, 3.63) is 33.8 Å². The molecular formula is C17H17Cl2N6O2+. The molecule has 0 aliphatic carbocycles. The van der Waals surface area contributed by atoms with Gasteiger partial charge in [-0.2, -0.15) is 5.43 Å². The Labute approximate surface area is 165 Å². The normalized spacial score (nSPS) is 24.5. The molecule has 3 aliphatic heterocycles. The minimum atomic E-state index is -0.682. The highest BCUT2D eigenvalue weighted by atomic mass is 35.5. The van der Waals surface area contributed by atoms with Gasteiger partial charge in [0.1, 0.15) is 6.04 Å². The summed E-state index contributed by atoms with van der Waals surface area (Å²) >= 11 is 12.0. The predicted molar refractivity (Wildman–Crippen MR) is 102 cm³/mol. The summed E-state index contributed by atoms with van der Waals surface area (Å²) in [7, 11) is 1.61. The summed E-state index contributed by atoms with van der Waals surface area (Å²) in [5.41, 5.74) is 4.40. The Hall–Kier alpha value is -2.45. The highest BCUT2D eigenvalue weighted by Crippen LogP contribution is 2.26. The highest BCUT2D eigenvalue weighted by molar-refractivity contribution is 6.42. The molecule has 0 bridgehead atoms. The lowest BCUT2D eigenvalue weighted by atomic mass is 10.1. The minimum absolute atomic E-state index is 0.0979. The summed E-state index contributed by atoms with van der Waals surface area (Å²) in [6.45, 7) is 3.92.